The van der Waals surface area contributed by atoms with Crippen molar-refractivity contribution in [2.24, 2.45) is 11.7 Å². The van der Waals surface area contributed by atoms with E-state index in [1.807, 2.05) is 13.8 Å². The Balaban J connectivity index is 4.12. The van der Waals surface area contributed by atoms with Crippen molar-refractivity contribution in [3.63, 3.8) is 0 Å². The number of carbonyl (C=O) groups excluding carboxylic acids is 1. The van der Waals surface area contributed by atoms with Gasteiger partial charge in [0.15, 0.2) is 5.60 Å². The fourth-order valence-electron chi connectivity index (χ4n) is 1.08. The highest BCUT2D eigenvalue weighted by Gasteiger charge is 2.30. The SMILES string of the molecule is CC(C)C[C@H](N)C(=O)NCC(C)(O)C(=O)O. The molecule has 2 atom stereocenters. The second-order valence-electron chi connectivity index (χ2n) is 4.53. The van der Waals surface area contributed by atoms with Crippen molar-refractivity contribution in [3.8, 4) is 0 Å². The average molecular weight is 232 g/mol. The second-order valence-corrected chi connectivity index (χ2v) is 4.53. The minimum Gasteiger partial charge on any atom is -0.479 e. The molecule has 5 N–H and O–H groups in total. The zero-order valence-corrected chi connectivity index (χ0v) is 9.86. The Morgan fingerprint density at radius 1 is 1.44 bits per heavy atom. The van der Waals surface area contributed by atoms with Gasteiger partial charge in [0.2, 0.25) is 5.91 Å². The Morgan fingerprint density at radius 2 is 1.94 bits per heavy atom. The van der Waals surface area contributed by atoms with Crippen molar-refractivity contribution < 1.29 is 19.8 Å². The predicted molar refractivity (Wildman–Crippen MR) is 58.7 cm³/mol. The maximum Gasteiger partial charge on any atom is 0.337 e. The molecule has 1 amide bonds. The Kier molecular flexibility index (Phi) is 5.40. The van der Waals surface area contributed by atoms with Crippen LogP contribution in [-0.4, -0.2) is 40.3 Å². The van der Waals surface area contributed by atoms with Gasteiger partial charge in [0, 0.05) is 0 Å². The largest absolute Gasteiger partial charge is 0.479 e. The summed E-state index contributed by atoms with van der Waals surface area (Å²) in [5.41, 5.74) is 3.62. The van der Waals surface area contributed by atoms with Gasteiger partial charge in [0.25, 0.3) is 0 Å². The van der Waals surface area contributed by atoms with E-state index in [4.69, 9.17) is 10.8 Å². The number of rotatable bonds is 6. The first-order valence-electron chi connectivity index (χ1n) is 5.16. The van der Waals surface area contributed by atoms with E-state index >= 15 is 0 Å². The summed E-state index contributed by atoms with van der Waals surface area (Å²) in [4.78, 5) is 22.0. The lowest BCUT2D eigenvalue weighted by Gasteiger charge is -2.20. The summed E-state index contributed by atoms with van der Waals surface area (Å²) >= 11 is 0. The summed E-state index contributed by atoms with van der Waals surface area (Å²) in [6, 6.07) is -0.676. The van der Waals surface area contributed by atoms with E-state index in [0.717, 1.165) is 6.92 Å². The van der Waals surface area contributed by atoms with E-state index in [2.05, 4.69) is 5.32 Å². The maximum atomic E-state index is 11.4. The topological polar surface area (TPSA) is 113 Å². The molecular weight excluding hydrogens is 212 g/mol. The van der Waals surface area contributed by atoms with Gasteiger partial charge in [0.05, 0.1) is 12.6 Å². The number of amides is 1. The number of carboxylic acid groups (broad SMARTS) is 1. The number of aliphatic hydroxyl groups is 1. The van der Waals surface area contributed by atoms with Crippen molar-refractivity contribution in [1.29, 1.82) is 0 Å². The fourth-order valence-corrected chi connectivity index (χ4v) is 1.08. The molecule has 0 aliphatic carbocycles. The lowest BCUT2D eigenvalue weighted by atomic mass is 10.0. The number of hydrogen-bond donors (Lipinski definition) is 4. The van der Waals surface area contributed by atoms with Crippen LogP contribution < -0.4 is 11.1 Å². The molecule has 0 saturated carbocycles. The van der Waals surface area contributed by atoms with Crippen LogP contribution in [0.1, 0.15) is 27.2 Å². The number of aliphatic carboxylic acids is 1. The van der Waals surface area contributed by atoms with Crippen LogP contribution in [0.5, 0.6) is 0 Å². The Morgan fingerprint density at radius 3 is 2.31 bits per heavy atom. The molecular formula is C10H20N2O4. The molecule has 16 heavy (non-hydrogen) atoms. The number of carbonyl (C=O) groups is 2. The van der Waals surface area contributed by atoms with Crippen LogP contribution >= 0.6 is 0 Å². The Bertz CT molecular complexity index is 264. The Hall–Kier alpha value is -1.14. The van der Waals surface area contributed by atoms with E-state index < -0.39 is 23.5 Å². The fraction of sp³-hybridized carbons (Fsp3) is 0.800. The molecule has 0 aliphatic rings. The van der Waals surface area contributed by atoms with Crippen molar-refractivity contribution >= 4 is 11.9 Å². The lowest BCUT2D eigenvalue weighted by Crippen LogP contribution is -2.50. The highest BCUT2D eigenvalue weighted by atomic mass is 16.4. The maximum absolute atomic E-state index is 11.4. The van der Waals surface area contributed by atoms with Crippen LogP contribution in [0.15, 0.2) is 0 Å². The quantitative estimate of drug-likeness (QED) is 0.484. The molecule has 6 heteroatoms. The van der Waals surface area contributed by atoms with E-state index in [0.29, 0.717) is 6.42 Å². The molecule has 0 radical (unpaired) electrons. The van der Waals surface area contributed by atoms with Gasteiger partial charge < -0.3 is 21.3 Å². The Labute approximate surface area is 94.8 Å². The molecule has 1 unspecified atom stereocenters. The first kappa shape index (κ1) is 14.9. The van der Waals surface area contributed by atoms with Crippen LogP contribution in [0.3, 0.4) is 0 Å². The van der Waals surface area contributed by atoms with Crippen LogP contribution in [0.4, 0.5) is 0 Å². The van der Waals surface area contributed by atoms with E-state index in [-0.39, 0.29) is 12.5 Å². The third-order valence-corrected chi connectivity index (χ3v) is 2.13. The van der Waals surface area contributed by atoms with Crippen LogP contribution in [0, 0.1) is 5.92 Å². The number of nitrogens with two attached hydrogens (primary N) is 1. The van der Waals surface area contributed by atoms with Crippen LogP contribution in [-0.2, 0) is 9.59 Å². The number of carboxylic acids is 1. The van der Waals surface area contributed by atoms with Gasteiger partial charge in [-0.15, -0.1) is 0 Å². The van der Waals surface area contributed by atoms with Crippen molar-refractivity contribution in [2.75, 3.05) is 6.54 Å². The van der Waals surface area contributed by atoms with Crippen LogP contribution in [0.2, 0.25) is 0 Å². The van der Waals surface area contributed by atoms with Gasteiger partial charge in [-0.2, -0.15) is 0 Å². The van der Waals surface area contributed by atoms with Gasteiger partial charge in [-0.25, -0.2) is 4.79 Å². The molecule has 0 rings (SSSR count). The molecule has 0 aromatic rings. The molecule has 0 spiro atoms. The molecule has 94 valence electrons. The minimum absolute atomic E-state index is 0.278. The third-order valence-electron chi connectivity index (χ3n) is 2.13. The summed E-state index contributed by atoms with van der Waals surface area (Å²) < 4.78 is 0. The van der Waals surface area contributed by atoms with Gasteiger partial charge in [-0.05, 0) is 19.3 Å². The molecule has 0 heterocycles. The molecule has 0 saturated heterocycles. The molecule has 0 aromatic heterocycles. The third kappa shape index (κ3) is 5.09. The summed E-state index contributed by atoms with van der Waals surface area (Å²) in [6.45, 7) is 4.62. The minimum atomic E-state index is -1.97. The molecule has 0 bridgehead atoms. The van der Waals surface area contributed by atoms with E-state index in [9.17, 15) is 14.7 Å². The first-order valence-corrected chi connectivity index (χ1v) is 5.16. The molecule has 6 nitrogen and oxygen atoms in total. The standard InChI is InChI=1S/C10H20N2O4/c1-6(2)4-7(11)8(13)12-5-10(3,16)9(14)15/h6-7,16H,4-5,11H2,1-3H3,(H,12,13)(H,14,15)/t7-,10?/m0/s1. The normalized spacial score (nSPS) is 16.6. The second kappa shape index (κ2) is 5.81. The van der Waals surface area contributed by atoms with Crippen molar-refractivity contribution in [1.82, 2.24) is 5.32 Å². The smallest absolute Gasteiger partial charge is 0.337 e. The summed E-state index contributed by atoms with van der Waals surface area (Å²) in [5.74, 6) is -1.55. The van der Waals surface area contributed by atoms with E-state index in [1.165, 1.54) is 0 Å². The summed E-state index contributed by atoms with van der Waals surface area (Å²) in [5, 5.41) is 20.3. The molecule has 0 aliphatic heterocycles. The number of hydrogen-bond acceptors (Lipinski definition) is 4. The van der Waals surface area contributed by atoms with Crippen LogP contribution in [0.25, 0.3) is 0 Å². The lowest BCUT2D eigenvalue weighted by molar-refractivity contribution is -0.156. The van der Waals surface area contributed by atoms with Gasteiger partial charge in [-0.1, -0.05) is 13.8 Å². The highest BCUT2D eigenvalue weighted by Crippen LogP contribution is 2.04. The first-order chi connectivity index (χ1) is 7.16. The van der Waals surface area contributed by atoms with Gasteiger partial charge >= 0.3 is 5.97 Å². The molecule has 0 aromatic carbocycles. The highest BCUT2D eigenvalue weighted by molar-refractivity contribution is 5.83. The van der Waals surface area contributed by atoms with Crippen molar-refractivity contribution in [2.45, 2.75) is 38.8 Å². The van der Waals surface area contributed by atoms with Gasteiger partial charge in [0.1, 0.15) is 0 Å². The number of nitrogens with one attached hydrogen (secondary N) is 1. The van der Waals surface area contributed by atoms with Gasteiger partial charge in [-0.3, -0.25) is 4.79 Å². The molecule has 0 fully saturated rings. The monoisotopic (exact) mass is 232 g/mol. The zero-order valence-electron chi connectivity index (χ0n) is 9.86. The summed E-state index contributed by atoms with van der Waals surface area (Å²) in [6.07, 6.45) is 0.515. The zero-order chi connectivity index (χ0) is 12.9. The predicted octanol–water partition coefficient (Wildman–Crippen LogP) is -0.688. The summed E-state index contributed by atoms with van der Waals surface area (Å²) in [7, 11) is 0. The van der Waals surface area contributed by atoms with E-state index in [1.54, 1.807) is 0 Å². The average Bonchev–Trinajstić information content (AvgIpc) is 2.12. The van der Waals surface area contributed by atoms with Crippen molar-refractivity contribution in [3.05, 3.63) is 0 Å².